The maximum absolute atomic E-state index is 13.4. The summed E-state index contributed by atoms with van der Waals surface area (Å²) < 4.78 is 31.5. The third-order valence-electron chi connectivity index (χ3n) is 3.11. The molecule has 0 amide bonds. The van der Waals surface area contributed by atoms with Gasteiger partial charge in [0.1, 0.15) is 5.82 Å². The fraction of sp³-hybridized carbons (Fsp3) is 0.357. The first-order valence-electron chi connectivity index (χ1n) is 6.48. The number of hydrogen-bond donors (Lipinski definition) is 1. The largest absolute Gasteiger partial charge is 0.490 e. The molecule has 3 nitrogen and oxygen atoms in total. The summed E-state index contributed by atoms with van der Waals surface area (Å²) in [5.74, 6) is -1.20. The Balaban J connectivity index is 1.58. The van der Waals surface area contributed by atoms with Crippen molar-refractivity contribution in [1.82, 2.24) is 10.3 Å². The van der Waals surface area contributed by atoms with E-state index in [1.165, 1.54) is 17.0 Å². The molecule has 1 aliphatic rings. The number of nitrogens with one attached hydrogen (secondary N) is 1. The van der Waals surface area contributed by atoms with Crippen molar-refractivity contribution in [3.8, 4) is 5.75 Å². The SMILES string of the molecule is Fc1ccc(OCCc2nc3c(s2)CNCC3)c(F)c1. The van der Waals surface area contributed by atoms with Gasteiger partial charge in [-0.1, -0.05) is 0 Å². The molecule has 0 bridgehead atoms. The van der Waals surface area contributed by atoms with E-state index in [1.807, 2.05) is 0 Å². The second kappa shape index (κ2) is 5.85. The lowest BCUT2D eigenvalue weighted by molar-refractivity contribution is 0.304. The van der Waals surface area contributed by atoms with Crippen LogP contribution in [-0.4, -0.2) is 18.1 Å². The van der Waals surface area contributed by atoms with E-state index in [0.29, 0.717) is 13.0 Å². The van der Waals surface area contributed by atoms with Gasteiger partial charge >= 0.3 is 0 Å². The van der Waals surface area contributed by atoms with Crippen LogP contribution in [0.25, 0.3) is 0 Å². The van der Waals surface area contributed by atoms with Gasteiger partial charge in [-0.2, -0.15) is 0 Å². The van der Waals surface area contributed by atoms with E-state index in [9.17, 15) is 8.78 Å². The molecule has 1 aromatic heterocycles. The zero-order chi connectivity index (χ0) is 13.9. The van der Waals surface area contributed by atoms with Gasteiger partial charge in [0, 0.05) is 36.9 Å². The zero-order valence-electron chi connectivity index (χ0n) is 10.8. The lowest BCUT2D eigenvalue weighted by Crippen LogP contribution is -2.22. The summed E-state index contributed by atoms with van der Waals surface area (Å²) >= 11 is 1.67. The minimum atomic E-state index is -0.673. The number of ether oxygens (including phenoxy) is 1. The predicted octanol–water partition coefficient (Wildman–Crippen LogP) is 2.69. The topological polar surface area (TPSA) is 34.1 Å². The van der Waals surface area contributed by atoms with Gasteiger partial charge < -0.3 is 10.1 Å². The highest BCUT2D eigenvalue weighted by molar-refractivity contribution is 7.11. The summed E-state index contributed by atoms with van der Waals surface area (Å²) in [6.45, 7) is 2.18. The Bertz CT molecular complexity index is 592. The molecule has 0 saturated heterocycles. The Labute approximate surface area is 119 Å². The van der Waals surface area contributed by atoms with Crippen LogP contribution >= 0.6 is 11.3 Å². The Hall–Kier alpha value is -1.53. The van der Waals surface area contributed by atoms with Gasteiger partial charge in [-0.3, -0.25) is 0 Å². The Morgan fingerprint density at radius 1 is 1.35 bits per heavy atom. The fourth-order valence-corrected chi connectivity index (χ4v) is 3.19. The average Bonchev–Trinajstić information content (AvgIpc) is 2.84. The van der Waals surface area contributed by atoms with Crippen LogP contribution in [0, 0.1) is 11.6 Å². The standard InChI is InChI=1S/C14H14F2N2OS/c15-9-1-2-12(10(16)7-9)19-6-4-14-18-11-3-5-17-8-13(11)20-14/h1-2,7,17H,3-6,8H2. The van der Waals surface area contributed by atoms with Crippen LogP contribution in [0.4, 0.5) is 8.78 Å². The van der Waals surface area contributed by atoms with Crippen molar-refractivity contribution < 1.29 is 13.5 Å². The number of halogens is 2. The second-order valence-electron chi connectivity index (χ2n) is 4.58. The average molecular weight is 296 g/mol. The predicted molar refractivity (Wildman–Crippen MR) is 73.1 cm³/mol. The van der Waals surface area contributed by atoms with Crippen LogP contribution < -0.4 is 10.1 Å². The van der Waals surface area contributed by atoms with E-state index in [0.717, 1.165) is 36.3 Å². The number of aromatic nitrogens is 1. The van der Waals surface area contributed by atoms with Crippen molar-refractivity contribution in [3.63, 3.8) is 0 Å². The van der Waals surface area contributed by atoms with E-state index in [-0.39, 0.29) is 5.75 Å². The van der Waals surface area contributed by atoms with Gasteiger partial charge in [0.2, 0.25) is 0 Å². The first-order valence-corrected chi connectivity index (χ1v) is 7.30. The molecule has 2 aromatic rings. The summed E-state index contributed by atoms with van der Waals surface area (Å²) in [6, 6.07) is 3.32. The molecule has 0 spiro atoms. The summed E-state index contributed by atoms with van der Waals surface area (Å²) in [7, 11) is 0. The highest BCUT2D eigenvalue weighted by atomic mass is 32.1. The van der Waals surface area contributed by atoms with Gasteiger partial charge in [0.05, 0.1) is 17.3 Å². The molecule has 1 N–H and O–H groups in total. The molecule has 0 fully saturated rings. The Kier molecular flexibility index (Phi) is 3.93. The second-order valence-corrected chi connectivity index (χ2v) is 5.75. The number of benzene rings is 1. The summed E-state index contributed by atoms with van der Waals surface area (Å²) in [6.07, 6.45) is 1.59. The van der Waals surface area contributed by atoms with E-state index >= 15 is 0 Å². The molecule has 0 aliphatic carbocycles. The summed E-state index contributed by atoms with van der Waals surface area (Å²) in [4.78, 5) is 5.84. The number of thiazole rings is 1. The van der Waals surface area contributed by atoms with Crippen LogP contribution in [0.2, 0.25) is 0 Å². The van der Waals surface area contributed by atoms with Gasteiger partial charge in [0.15, 0.2) is 11.6 Å². The van der Waals surface area contributed by atoms with Crippen LogP contribution in [0.1, 0.15) is 15.6 Å². The minimum absolute atomic E-state index is 0.0781. The van der Waals surface area contributed by atoms with Crippen molar-refractivity contribution in [2.45, 2.75) is 19.4 Å². The molecule has 2 heterocycles. The number of hydrogen-bond acceptors (Lipinski definition) is 4. The van der Waals surface area contributed by atoms with Gasteiger partial charge in [-0.25, -0.2) is 13.8 Å². The molecule has 6 heteroatoms. The van der Waals surface area contributed by atoms with Crippen LogP contribution in [0.3, 0.4) is 0 Å². The maximum Gasteiger partial charge on any atom is 0.167 e. The Morgan fingerprint density at radius 3 is 3.05 bits per heavy atom. The van der Waals surface area contributed by atoms with Crippen molar-refractivity contribution in [2.75, 3.05) is 13.2 Å². The molecule has 106 valence electrons. The third-order valence-corrected chi connectivity index (χ3v) is 4.27. The van der Waals surface area contributed by atoms with Gasteiger partial charge in [-0.05, 0) is 12.1 Å². The molecule has 0 radical (unpaired) electrons. The number of rotatable bonds is 4. The molecular weight excluding hydrogens is 282 g/mol. The number of fused-ring (bicyclic) bond motifs is 1. The summed E-state index contributed by atoms with van der Waals surface area (Å²) in [5, 5.41) is 4.30. The maximum atomic E-state index is 13.4. The van der Waals surface area contributed by atoms with Gasteiger partial charge in [0.25, 0.3) is 0 Å². The molecule has 1 aliphatic heterocycles. The smallest absolute Gasteiger partial charge is 0.167 e. The fourth-order valence-electron chi connectivity index (χ4n) is 2.13. The molecule has 0 saturated carbocycles. The van der Waals surface area contributed by atoms with Crippen molar-refractivity contribution in [2.24, 2.45) is 0 Å². The monoisotopic (exact) mass is 296 g/mol. The highest BCUT2D eigenvalue weighted by Crippen LogP contribution is 2.22. The van der Waals surface area contributed by atoms with Crippen molar-refractivity contribution in [3.05, 3.63) is 45.4 Å². The van der Waals surface area contributed by atoms with E-state index in [2.05, 4.69) is 10.3 Å². The normalized spacial score (nSPS) is 14.1. The first kappa shape index (κ1) is 13.5. The quantitative estimate of drug-likeness (QED) is 0.942. The molecule has 3 rings (SSSR count). The molecule has 1 aromatic carbocycles. The van der Waals surface area contributed by atoms with E-state index < -0.39 is 11.6 Å². The summed E-state index contributed by atoms with van der Waals surface area (Å²) in [5.41, 5.74) is 1.16. The lowest BCUT2D eigenvalue weighted by Gasteiger charge is -2.09. The van der Waals surface area contributed by atoms with Crippen molar-refractivity contribution in [1.29, 1.82) is 0 Å². The van der Waals surface area contributed by atoms with E-state index in [1.54, 1.807) is 11.3 Å². The van der Waals surface area contributed by atoms with Crippen molar-refractivity contribution >= 4 is 11.3 Å². The first-order chi connectivity index (χ1) is 9.72. The third kappa shape index (κ3) is 2.96. The van der Waals surface area contributed by atoms with Crippen LogP contribution in [0.5, 0.6) is 5.75 Å². The lowest BCUT2D eigenvalue weighted by atomic mass is 10.2. The molecule has 0 unspecified atom stereocenters. The van der Waals surface area contributed by atoms with E-state index in [4.69, 9.17) is 4.74 Å². The molecule has 20 heavy (non-hydrogen) atoms. The minimum Gasteiger partial charge on any atom is -0.490 e. The highest BCUT2D eigenvalue weighted by Gasteiger charge is 2.14. The zero-order valence-corrected chi connectivity index (χ0v) is 11.6. The van der Waals surface area contributed by atoms with Crippen LogP contribution in [-0.2, 0) is 19.4 Å². The number of nitrogens with zero attached hydrogens (tertiary/aromatic N) is 1. The van der Waals surface area contributed by atoms with Crippen LogP contribution in [0.15, 0.2) is 18.2 Å². The van der Waals surface area contributed by atoms with Gasteiger partial charge in [-0.15, -0.1) is 11.3 Å². The Morgan fingerprint density at radius 2 is 2.25 bits per heavy atom. The molecule has 0 atom stereocenters. The molecular formula is C14H14F2N2OS.